The zero-order valence-corrected chi connectivity index (χ0v) is 10.2. The number of nitrogens with one attached hydrogen (secondary N) is 1. The number of thiazole rings is 1. The summed E-state index contributed by atoms with van der Waals surface area (Å²) in [6, 6.07) is 1.91. The second-order valence-corrected chi connectivity index (χ2v) is 4.91. The van der Waals surface area contributed by atoms with Gasteiger partial charge >= 0.3 is 0 Å². The average Bonchev–Trinajstić information content (AvgIpc) is 2.82. The fraction of sp³-hybridized carbons (Fsp3) is 0.364. The Balaban J connectivity index is 2.00. The topological polar surface area (TPSA) is 50.7 Å². The number of hydrogen-bond donors (Lipinski definition) is 1. The van der Waals surface area contributed by atoms with Crippen LogP contribution in [0.4, 0.5) is 0 Å². The van der Waals surface area contributed by atoms with Crippen molar-refractivity contribution in [2.75, 3.05) is 0 Å². The highest BCUT2D eigenvalue weighted by Crippen LogP contribution is 2.22. The van der Waals surface area contributed by atoms with Gasteiger partial charge in [0.15, 0.2) is 0 Å². The average molecular weight is 234 g/mol. The van der Waals surface area contributed by atoms with Crippen LogP contribution in [-0.4, -0.2) is 15.0 Å². The third-order valence-corrected chi connectivity index (χ3v) is 3.42. The van der Waals surface area contributed by atoms with Crippen LogP contribution in [0, 0.1) is 0 Å². The number of aromatic nitrogens is 3. The van der Waals surface area contributed by atoms with E-state index in [0.29, 0.717) is 0 Å². The number of hydrogen-bond acceptors (Lipinski definition) is 5. The standard InChI is InChI=1S/C11H14N4S/c1-11(2,10-13-5-6-16-10)15-7-9-3-4-12-8-14-9/h3-6,8,15H,7H2,1-2H3. The van der Waals surface area contributed by atoms with E-state index in [1.165, 1.54) is 0 Å². The van der Waals surface area contributed by atoms with Crippen LogP contribution in [0.15, 0.2) is 30.2 Å². The lowest BCUT2D eigenvalue weighted by molar-refractivity contribution is 0.396. The Bertz CT molecular complexity index is 425. The molecule has 16 heavy (non-hydrogen) atoms. The molecule has 0 amide bonds. The second-order valence-electron chi connectivity index (χ2n) is 4.02. The first-order valence-electron chi connectivity index (χ1n) is 5.08. The SMILES string of the molecule is CC(C)(NCc1ccncn1)c1nccs1. The molecule has 0 saturated heterocycles. The highest BCUT2D eigenvalue weighted by atomic mass is 32.1. The van der Waals surface area contributed by atoms with E-state index in [1.807, 2.05) is 17.6 Å². The van der Waals surface area contributed by atoms with Gasteiger partial charge < -0.3 is 5.32 Å². The quantitative estimate of drug-likeness (QED) is 0.878. The number of rotatable bonds is 4. The van der Waals surface area contributed by atoms with Crippen LogP contribution in [0.1, 0.15) is 24.5 Å². The summed E-state index contributed by atoms with van der Waals surface area (Å²) >= 11 is 1.66. The van der Waals surface area contributed by atoms with Gasteiger partial charge in [0.25, 0.3) is 0 Å². The van der Waals surface area contributed by atoms with Crippen LogP contribution < -0.4 is 5.32 Å². The predicted octanol–water partition coefficient (Wildman–Crippen LogP) is 1.96. The Kier molecular flexibility index (Phi) is 3.26. The maximum Gasteiger partial charge on any atom is 0.115 e. The first-order chi connectivity index (χ1) is 7.68. The van der Waals surface area contributed by atoms with E-state index in [9.17, 15) is 0 Å². The minimum Gasteiger partial charge on any atom is -0.300 e. The van der Waals surface area contributed by atoms with Crippen molar-refractivity contribution >= 4 is 11.3 Å². The molecule has 4 nitrogen and oxygen atoms in total. The fourth-order valence-corrected chi connectivity index (χ4v) is 2.08. The molecular formula is C11H14N4S. The summed E-state index contributed by atoms with van der Waals surface area (Å²) in [6.45, 7) is 4.95. The van der Waals surface area contributed by atoms with Gasteiger partial charge in [0, 0.05) is 24.3 Å². The van der Waals surface area contributed by atoms with E-state index < -0.39 is 0 Å². The van der Waals surface area contributed by atoms with Gasteiger partial charge in [-0.3, -0.25) is 0 Å². The lowest BCUT2D eigenvalue weighted by Gasteiger charge is -2.23. The molecule has 0 spiro atoms. The monoisotopic (exact) mass is 234 g/mol. The smallest absolute Gasteiger partial charge is 0.115 e. The number of nitrogens with zero attached hydrogens (tertiary/aromatic N) is 3. The molecule has 2 aromatic rings. The first kappa shape index (κ1) is 11.2. The van der Waals surface area contributed by atoms with E-state index in [-0.39, 0.29) is 5.54 Å². The summed E-state index contributed by atoms with van der Waals surface area (Å²) in [5.41, 5.74) is 0.860. The molecule has 0 aliphatic carbocycles. The Morgan fingerprint density at radius 3 is 2.81 bits per heavy atom. The second kappa shape index (κ2) is 4.67. The molecule has 0 saturated carbocycles. The van der Waals surface area contributed by atoms with E-state index >= 15 is 0 Å². The maximum absolute atomic E-state index is 4.32. The van der Waals surface area contributed by atoms with Crippen LogP contribution >= 0.6 is 11.3 Å². The van der Waals surface area contributed by atoms with Crippen LogP contribution in [0.5, 0.6) is 0 Å². The Hall–Kier alpha value is -1.33. The first-order valence-corrected chi connectivity index (χ1v) is 5.96. The lowest BCUT2D eigenvalue weighted by atomic mass is 10.1. The van der Waals surface area contributed by atoms with E-state index in [4.69, 9.17) is 0 Å². The van der Waals surface area contributed by atoms with Gasteiger partial charge in [-0.2, -0.15) is 0 Å². The molecule has 1 N–H and O–H groups in total. The van der Waals surface area contributed by atoms with Crippen LogP contribution in [0.2, 0.25) is 0 Å². The van der Waals surface area contributed by atoms with Crippen LogP contribution in [-0.2, 0) is 12.1 Å². The molecule has 84 valence electrons. The molecule has 2 aromatic heterocycles. The fourth-order valence-electron chi connectivity index (χ4n) is 1.34. The summed E-state index contributed by atoms with van der Waals surface area (Å²) < 4.78 is 0. The zero-order chi connectivity index (χ0) is 11.4. The third kappa shape index (κ3) is 2.62. The molecular weight excluding hydrogens is 220 g/mol. The summed E-state index contributed by atoms with van der Waals surface area (Å²) in [7, 11) is 0. The van der Waals surface area contributed by atoms with E-state index in [0.717, 1.165) is 17.2 Å². The molecule has 0 aliphatic heterocycles. The Morgan fingerprint density at radius 1 is 1.31 bits per heavy atom. The summed E-state index contributed by atoms with van der Waals surface area (Å²) in [5.74, 6) is 0. The van der Waals surface area contributed by atoms with Crippen molar-refractivity contribution < 1.29 is 0 Å². The van der Waals surface area contributed by atoms with Gasteiger partial charge in [0.05, 0.1) is 11.2 Å². The molecule has 2 heterocycles. The minimum absolute atomic E-state index is 0.126. The minimum atomic E-state index is -0.126. The molecule has 0 atom stereocenters. The molecule has 0 aromatic carbocycles. The predicted molar refractivity (Wildman–Crippen MR) is 64.0 cm³/mol. The van der Waals surface area contributed by atoms with Gasteiger partial charge in [0.2, 0.25) is 0 Å². The van der Waals surface area contributed by atoms with Crippen molar-refractivity contribution in [1.29, 1.82) is 0 Å². The summed E-state index contributed by atoms with van der Waals surface area (Å²) in [6.07, 6.45) is 5.14. The largest absolute Gasteiger partial charge is 0.300 e. The third-order valence-electron chi connectivity index (χ3n) is 2.32. The van der Waals surface area contributed by atoms with Crippen molar-refractivity contribution in [3.63, 3.8) is 0 Å². The lowest BCUT2D eigenvalue weighted by Crippen LogP contribution is -2.36. The molecule has 0 fully saturated rings. The van der Waals surface area contributed by atoms with Gasteiger partial charge in [-0.1, -0.05) is 0 Å². The molecule has 0 radical (unpaired) electrons. The van der Waals surface area contributed by atoms with Crippen molar-refractivity contribution in [2.45, 2.75) is 25.9 Å². The van der Waals surface area contributed by atoms with Gasteiger partial charge in [-0.05, 0) is 19.9 Å². The zero-order valence-electron chi connectivity index (χ0n) is 9.34. The van der Waals surface area contributed by atoms with Crippen molar-refractivity contribution in [3.05, 3.63) is 40.9 Å². The Labute approximate surface area is 98.8 Å². The van der Waals surface area contributed by atoms with Crippen LogP contribution in [0.3, 0.4) is 0 Å². The Morgan fingerprint density at radius 2 is 2.19 bits per heavy atom. The highest BCUT2D eigenvalue weighted by molar-refractivity contribution is 7.09. The van der Waals surface area contributed by atoms with Crippen molar-refractivity contribution in [3.8, 4) is 0 Å². The van der Waals surface area contributed by atoms with E-state index in [1.54, 1.807) is 23.9 Å². The van der Waals surface area contributed by atoms with Gasteiger partial charge in [0.1, 0.15) is 11.3 Å². The van der Waals surface area contributed by atoms with Gasteiger partial charge in [-0.15, -0.1) is 11.3 Å². The van der Waals surface area contributed by atoms with Crippen molar-refractivity contribution in [1.82, 2.24) is 20.3 Å². The summed E-state index contributed by atoms with van der Waals surface area (Å²) in [5, 5.41) is 6.51. The van der Waals surface area contributed by atoms with E-state index in [2.05, 4.69) is 34.1 Å². The molecule has 0 aliphatic rings. The van der Waals surface area contributed by atoms with Gasteiger partial charge in [-0.25, -0.2) is 15.0 Å². The molecule has 0 bridgehead atoms. The van der Waals surface area contributed by atoms with Crippen LogP contribution in [0.25, 0.3) is 0 Å². The maximum atomic E-state index is 4.32. The molecule has 2 rings (SSSR count). The summed E-state index contributed by atoms with van der Waals surface area (Å²) in [4.78, 5) is 12.4. The molecule has 5 heteroatoms. The van der Waals surface area contributed by atoms with Crippen molar-refractivity contribution in [2.24, 2.45) is 0 Å². The normalized spacial score (nSPS) is 11.6. The highest BCUT2D eigenvalue weighted by Gasteiger charge is 2.22. The molecule has 0 unspecified atom stereocenters.